The molecule has 0 spiro atoms. The van der Waals surface area contributed by atoms with E-state index in [1.807, 2.05) is 0 Å². The second kappa shape index (κ2) is 4.05. The molecule has 15 heavy (non-hydrogen) atoms. The summed E-state index contributed by atoms with van der Waals surface area (Å²) in [7, 11) is 0. The van der Waals surface area contributed by atoms with E-state index in [0.29, 0.717) is 0 Å². The average molecular weight is 225 g/mol. The zero-order chi connectivity index (χ0) is 10.7. The Balaban J connectivity index is 2.15. The first-order chi connectivity index (χ1) is 7.25. The van der Waals surface area contributed by atoms with E-state index in [-0.39, 0.29) is 10.7 Å². The Morgan fingerprint density at radius 3 is 3.07 bits per heavy atom. The second-order valence-electron chi connectivity index (χ2n) is 2.49. The lowest BCUT2D eigenvalue weighted by atomic mass is 10.2. The maximum Gasteiger partial charge on any atom is 0.257 e. The standard InChI is InChI=1S/C7H4FN5OS/c8-5-3-4(1-2-9-5)6(14)10-7-11-12-13-15-7/h1-3H,(H,10,11,13,14). The van der Waals surface area contributed by atoms with Gasteiger partial charge in [-0.05, 0) is 11.3 Å². The van der Waals surface area contributed by atoms with Crippen molar-refractivity contribution in [1.29, 1.82) is 0 Å². The van der Waals surface area contributed by atoms with Crippen LogP contribution in [0.15, 0.2) is 18.3 Å². The highest BCUT2D eigenvalue weighted by Gasteiger charge is 2.09. The Kier molecular flexibility index (Phi) is 2.59. The lowest BCUT2D eigenvalue weighted by molar-refractivity contribution is 0.102. The fourth-order valence-electron chi connectivity index (χ4n) is 0.895. The molecule has 0 aliphatic heterocycles. The number of aromatic nitrogens is 4. The molecule has 1 amide bonds. The van der Waals surface area contributed by atoms with Gasteiger partial charge in [-0.3, -0.25) is 10.1 Å². The van der Waals surface area contributed by atoms with Crippen LogP contribution in [0.3, 0.4) is 0 Å². The zero-order valence-corrected chi connectivity index (χ0v) is 8.03. The van der Waals surface area contributed by atoms with Crippen molar-refractivity contribution < 1.29 is 9.18 Å². The van der Waals surface area contributed by atoms with Gasteiger partial charge in [0, 0.05) is 29.4 Å². The van der Waals surface area contributed by atoms with Crippen LogP contribution < -0.4 is 5.32 Å². The predicted octanol–water partition coefficient (Wildman–Crippen LogP) is 0.719. The second-order valence-corrected chi connectivity index (χ2v) is 3.22. The van der Waals surface area contributed by atoms with Gasteiger partial charge in [0.05, 0.1) is 0 Å². The Hall–Kier alpha value is -1.96. The molecule has 0 saturated carbocycles. The molecule has 2 rings (SSSR count). The third-order valence-corrected chi connectivity index (χ3v) is 2.02. The van der Waals surface area contributed by atoms with E-state index < -0.39 is 11.9 Å². The van der Waals surface area contributed by atoms with Gasteiger partial charge in [0.25, 0.3) is 5.91 Å². The van der Waals surface area contributed by atoms with Crippen molar-refractivity contribution in [2.45, 2.75) is 0 Å². The van der Waals surface area contributed by atoms with Crippen molar-refractivity contribution in [2.24, 2.45) is 0 Å². The molecule has 0 radical (unpaired) electrons. The van der Waals surface area contributed by atoms with Crippen LogP contribution in [0.2, 0.25) is 0 Å². The minimum absolute atomic E-state index is 0.165. The Morgan fingerprint density at radius 2 is 2.40 bits per heavy atom. The Morgan fingerprint density at radius 1 is 1.53 bits per heavy atom. The van der Waals surface area contributed by atoms with Crippen molar-refractivity contribution in [3.05, 3.63) is 29.8 Å². The van der Waals surface area contributed by atoms with Crippen molar-refractivity contribution in [2.75, 3.05) is 5.32 Å². The molecule has 8 heteroatoms. The first kappa shape index (κ1) is 9.59. The summed E-state index contributed by atoms with van der Waals surface area (Å²) >= 11 is 0.937. The highest BCUT2D eigenvalue weighted by Crippen LogP contribution is 2.08. The molecule has 6 nitrogen and oxygen atoms in total. The summed E-state index contributed by atoms with van der Waals surface area (Å²) in [4.78, 5) is 14.8. The first-order valence-electron chi connectivity index (χ1n) is 3.83. The molecule has 0 unspecified atom stereocenters. The number of halogens is 1. The number of pyridine rings is 1. The van der Waals surface area contributed by atoms with Crippen molar-refractivity contribution >= 4 is 22.6 Å². The van der Waals surface area contributed by atoms with Gasteiger partial charge in [-0.1, -0.05) is 9.59 Å². The smallest absolute Gasteiger partial charge is 0.257 e. The van der Waals surface area contributed by atoms with Crippen LogP contribution >= 0.6 is 11.5 Å². The van der Waals surface area contributed by atoms with Crippen LogP contribution in [0.5, 0.6) is 0 Å². The Bertz CT molecular complexity index is 474. The van der Waals surface area contributed by atoms with Gasteiger partial charge in [-0.25, -0.2) is 4.98 Å². The lowest BCUT2D eigenvalue weighted by Gasteiger charge is -1.99. The molecule has 0 aliphatic carbocycles. The molecule has 2 heterocycles. The molecule has 2 aromatic rings. The van der Waals surface area contributed by atoms with Gasteiger partial charge in [0.2, 0.25) is 11.1 Å². The molecule has 0 saturated heterocycles. The van der Waals surface area contributed by atoms with Gasteiger partial charge in [-0.15, -0.1) is 0 Å². The third kappa shape index (κ3) is 2.29. The maximum absolute atomic E-state index is 12.7. The molecule has 0 atom stereocenters. The molecule has 2 aromatic heterocycles. The highest BCUT2D eigenvalue weighted by atomic mass is 32.1. The summed E-state index contributed by atoms with van der Waals surface area (Å²) in [6.07, 6.45) is 1.21. The largest absolute Gasteiger partial charge is 0.295 e. The summed E-state index contributed by atoms with van der Waals surface area (Å²) in [6, 6.07) is 2.43. The third-order valence-electron chi connectivity index (χ3n) is 1.51. The minimum Gasteiger partial charge on any atom is -0.295 e. The number of carbonyl (C=O) groups excluding carboxylic acids is 1. The summed E-state index contributed by atoms with van der Waals surface area (Å²) in [5.74, 6) is -1.19. The quantitative estimate of drug-likeness (QED) is 0.761. The van der Waals surface area contributed by atoms with Crippen molar-refractivity contribution in [3.63, 3.8) is 0 Å². The number of hydrogen-bond donors (Lipinski definition) is 1. The number of amides is 1. The fraction of sp³-hybridized carbons (Fsp3) is 0. The van der Waals surface area contributed by atoms with Gasteiger partial charge < -0.3 is 0 Å². The number of anilines is 1. The summed E-state index contributed by atoms with van der Waals surface area (Å²) in [5, 5.41) is 9.50. The molecule has 0 aliphatic rings. The Labute approximate surface area is 87.3 Å². The number of nitrogens with one attached hydrogen (secondary N) is 1. The zero-order valence-electron chi connectivity index (χ0n) is 7.22. The lowest BCUT2D eigenvalue weighted by Crippen LogP contribution is -2.12. The highest BCUT2D eigenvalue weighted by molar-refractivity contribution is 7.09. The molecule has 1 N–H and O–H groups in total. The van der Waals surface area contributed by atoms with Crippen LogP contribution in [-0.4, -0.2) is 25.7 Å². The molecular formula is C7H4FN5OS. The van der Waals surface area contributed by atoms with E-state index in [1.54, 1.807) is 0 Å². The SMILES string of the molecule is O=C(Nc1nnns1)c1ccnc(F)c1. The topological polar surface area (TPSA) is 80.7 Å². The van der Waals surface area contributed by atoms with E-state index in [0.717, 1.165) is 17.6 Å². The predicted molar refractivity (Wildman–Crippen MR) is 49.9 cm³/mol. The average Bonchev–Trinajstić information content (AvgIpc) is 2.70. The summed E-state index contributed by atoms with van der Waals surface area (Å²) in [5.41, 5.74) is 0.165. The number of nitrogens with zero attached hydrogens (tertiary/aromatic N) is 4. The van der Waals surface area contributed by atoms with Crippen LogP contribution in [0.4, 0.5) is 9.52 Å². The first-order valence-corrected chi connectivity index (χ1v) is 4.61. The van der Waals surface area contributed by atoms with Crippen LogP contribution in [0, 0.1) is 5.95 Å². The van der Waals surface area contributed by atoms with Crippen molar-refractivity contribution in [1.82, 2.24) is 19.8 Å². The van der Waals surface area contributed by atoms with E-state index in [9.17, 15) is 9.18 Å². The van der Waals surface area contributed by atoms with E-state index in [1.165, 1.54) is 12.3 Å². The summed E-state index contributed by atoms with van der Waals surface area (Å²) < 4.78 is 16.1. The van der Waals surface area contributed by atoms with Gasteiger partial charge in [0.1, 0.15) is 0 Å². The van der Waals surface area contributed by atoms with Crippen molar-refractivity contribution in [3.8, 4) is 0 Å². The molecule has 0 fully saturated rings. The number of carbonyl (C=O) groups is 1. The van der Waals surface area contributed by atoms with Gasteiger partial charge in [-0.2, -0.15) is 4.39 Å². The maximum atomic E-state index is 12.7. The normalized spacial score (nSPS) is 9.93. The van der Waals surface area contributed by atoms with Crippen LogP contribution in [0.25, 0.3) is 0 Å². The van der Waals surface area contributed by atoms with Gasteiger partial charge >= 0.3 is 0 Å². The van der Waals surface area contributed by atoms with E-state index in [2.05, 4.69) is 25.1 Å². The number of rotatable bonds is 2. The van der Waals surface area contributed by atoms with Crippen LogP contribution in [0.1, 0.15) is 10.4 Å². The molecule has 0 bridgehead atoms. The van der Waals surface area contributed by atoms with Crippen LogP contribution in [-0.2, 0) is 0 Å². The minimum atomic E-state index is -0.710. The van der Waals surface area contributed by atoms with E-state index in [4.69, 9.17) is 0 Å². The fourth-order valence-corrected chi connectivity index (χ4v) is 1.26. The molecule has 0 aromatic carbocycles. The monoisotopic (exact) mass is 225 g/mol. The summed E-state index contributed by atoms with van der Waals surface area (Å²) in [6.45, 7) is 0. The molecule has 76 valence electrons. The van der Waals surface area contributed by atoms with Gasteiger partial charge in [0.15, 0.2) is 0 Å². The van der Waals surface area contributed by atoms with E-state index >= 15 is 0 Å². The number of hydrogen-bond acceptors (Lipinski definition) is 6. The molecular weight excluding hydrogens is 221 g/mol.